The molecule has 0 aliphatic carbocycles. The first-order valence-corrected chi connectivity index (χ1v) is 4.81. The zero-order valence-electron chi connectivity index (χ0n) is 8.63. The topological polar surface area (TPSA) is 74.2 Å². The maximum absolute atomic E-state index is 10.9. The molecule has 2 rings (SSSR count). The van der Waals surface area contributed by atoms with Gasteiger partial charge in [0.25, 0.3) is 0 Å². The number of rotatable bonds is 2. The Balaban J connectivity index is 2.17. The molecule has 2 saturated heterocycles. The first-order valence-electron chi connectivity index (χ1n) is 4.81. The van der Waals surface area contributed by atoms with Gasteiger partial charge in [-0.05, 0) is 6.42 Å². The van der Waals surface area contributed by atoms with Gasteiger partial charge in [-0.2, -0.15) is 0 Å². The lowest BCUT2D eigenvalue weighted by Crippen LogP contribution is -2.45. The Morgan fingerprint density at radius 1 is 1.60 bits per heavy atom. The molecule has 0 spiro atoms. The van der Waals surface area contributed by atoms with Crippen LogP contribution in [0, 0.1) is 5.92 Å². The average Bonchev–Trinajstić information content (AvgIpc) is 2.69. The molecule has 2 aliphatic rings. The van der Waals surface area contributed by atoms with Crippen molar-refractivity contribution in [3.8, 4) is 0 Å². The fraction of sp³-hybridized carbons (Fsp3) is 0.889. The monoisotopic (exact) mass is 218 g/mol. The molecule has 6 nitrogen and oxygen atoms in total. The number of hydrogen-bond donors (Lipinski definition) is 1. The largest absolute Gasteiger partial charge is 0.453 e. The number of aliphatic hydroxyl groups is 1. The van der Waals surface area contributed by atoms with Crippen molar-refractivity contribution in [3.05, 3.63) is 0 Å². The van der Waals surface area contributed by atoms with Gasteiger partial charge < -0.3 is 19.3 Å². The Morgan fingerprint density at radius 3 is 2.93 bits per heavy atom. The number of ether oxygens (including phenoxy) is 4. The summed E-state index contributed by atoms with van der Waals surface area (Å²) >= 11 is 0. The smallest absolute Gasteiger partial charge is 0.322 e. The minimum absolute atomic E-state index is 0.168. The highest BCUT2D eigenvalue weighted by Crippen LogP contribution is 2.42. The number of esters is 1. The summed E-state index contributed by atoms with van der Waals surface area (Å²) < 4.78 is 20.2. The minimum Gasteiger partial charge on any atom is -0.453 e. The van der Waals surface area contributed by atoms with Gasteiger partial charge in [0.15, 0.2) is 12.4 Å². The van der Waals surface area contributed by atoms with Crippen molar-refractivity contribution in [3.63, 3.8) is 0 Å². The number of methoxy groups -OCH3 is 1. The lowest BCUT2D eigenvalue weighted by molar-refractivity contribution is -0.384. The molecule has 2 fully saturated rings. The van der Waals surface area contributed by atoms with Crippen molar-refractivity contribution >= 4 is 5.97 Å². The normalized spacial score (nSPS) is 44.1. The summed E-state index contributed by atoms with van der Waals surface area (Å²) in [6.07, 6.45) is -0.708. The van der Waals surface area contributed by atoms with E-state index in [0.717, 1.165) is 0 Å². The van der Waals surface area contributed by atoms with Crippen LogP contribution in [0.15, 0.2) is 0 Å². The van der Waals surface area contributed by atoms with E-state index in [9.17, 15) is 9.90 Å². The Bertz CT molecular complexity index is 267. The summed E-state index contributed by atoms with van der Waals surface area (Å²) in [5.74, 6) is -2.54. The molecule has 0 bridgehead atoms. The first-order chi connectivity index (χ1) is 7.07. The zero-order chi connectivity index (χ0) is 11.1. The van der Waals surface area contributed by atoms with Gasteiger partial charge in [-0.3, -0.25) is 9.53 Å². The molecule has 4 atom stereocenters. The van der Waals surface area contributed by atoms with Gasteiger partial charge in [-0.25, -0.2) is 0 Å². The highest BCUT2D eigenvalue weighted by atomic mass is 16.9. The van der Waals surface area contributed by atoms with Crippen molar-refractivity contribution in [2.24, 2.45) is 5.92 Å². The predicted molar refractivity (Wildman–Crippen MR) is 46.4 cm³/mol. The summed E-state index contributed by atoms with van der Waals surface area (Å²) in [7, 11) is 1.29. The number of carbonyl (C=O) groups is 1. The van der Waals surface area contributed by atoms with Crippen LogP contribution in [-0.4, -0.2) is 43.2 Å². The van der Waals surface area contributed by atoms with Crippen LogP contribution < -0.4 is 0 Å². The van der Waals surface area contributed by atoms with Gasteiger partial charge in [-0.15, -0.1) is 0 Å². The van der Waals surface area contributed by atoms with Gasteiger partial charge >= 0.3 is 11.9 Å². The van der Waals surface area contributed by atoms with Crippen LogP contribution in [0.4, 0.5) is 0 Å². The van der Waals surface area contributed by atoms with Crippen LogP contribution in [0.2, 0.25) is 0 Å². The van der Waals surface area contributed by atoms with Crippen molar-refractivity contribution in [1.82, 2.24) is 0 Å². The molecule has 2 aliphatic heterocycles. The SMILES string of the molecule is COC1(O)OC2OCCC2C1OC(C)=O. The van der Waals surface area contributed by atoms with Crippen LogP contribution in [0.1, 0.15) is 13.3 Å². The van der Waals surface area contributed by atoms with E-state index in [4.69, 9.17) is 18.9 Å². The van der Waals surface area contributed by atoms with E-state index in [-0.39, 0.29) is 5.92 Å². The van der Waals surface area contributed by atoms with E-state index >= 15 is 0 Å². The third kappa shape index (κ3) is 1.74. The summed E-state index contributed by atoms with van der Waals surface area (Å²) in [4.78, 5) is 10.9. The van der Waals surface area contributed by atoms with Gasteiger partial charge in [0, 0.05) is 14.0 Å². The Labute approximate surface area is 87.1 Å². The molecule has 0 radical (unpaired) electrons. The molecule has 15 heavy (non-hydrogen) atoms. The molecule has 6 heteroatoms. The fourth-order valence-electron chi connectivity index (χ4n) is 2.00. The third-order valence-corrected chi connectivity index (χ3v) is 2.70. The van der Waals surface area contributed by atoms with Crippen LogP contribution >= 0.6 is 0 Å². The van der Waals surface area contributed by atoms with Gasteiger partial charge in [0.1, 0.15) is 0 Å². The Morgan fingerprint density at radius 2 is 2.33 bits per heavy atom. The van der Waals surface area contributed by atoms with Crippen molar-refractivity contribution in [2.45, 2.75) is 31.7 Å². The second-order valence-electron chi connectivity index (χ2n) is 3.67. The molecule has 0 aromatic carbocycles. The molecule has 0 aromatic heterocycles. The number of fused-ring (bicyclic) bond motifs is 1. The summed E-state index contributed by atoms with van der Waals surface area (Å²) in [6.45, 7) is 1.81. The fourth-order valence-corrected chi connectivity index (χ4v) is 2.00. The Kier molecular flexibility index (Phi) is 2.68. The van der Waals surface area contributed by atoms with Crippen molar-refractivity contribution in [1.29, 1.82) is 0 Å². The molecule has 1 N–H and O–H groups in total. The predicted octanol–water partition coefficient (Wildman–Crippen LogP) is -0.397. The lowest BCUT2D eigenvalue weighted by atomic mass is 10.0. The van der Waals surface area contributed by atoms with E-state index in [1.807, 2.05) is 0 Å². The average molecular weight is 218 g/mol. The van der Waals surface area contributed by atoms with Gasteiger partial charge in [0.05, 0.1) is 12.5 Å². The number of hydrogen-bond acceptors (Lipinski definition) is 6. The first kappa shape index (κ1) is 10.8. The maximum atomic E-state index is 10.9. The molecular weight excluding hydrogens is 204 g/mol. The zero-order valence-corrected chi connectivity index (χ0v) is 8.63. The number of carbonyl (C=O) groups excluding carboxylic acids is 1. The Hall–Kier alpha value is -0.690. The van der Waals surface area contributed by atoms with Crippen LogP contribution in [-0.2, 0) is 23.7 Å². The summed E-state index contributed by atoms with van der Waals surface area (Å²) in [5.41, 5.74) is 0. The molecule has 2 heterocycles. The third-order valence-electron chi connectivity index (χ3n) is 2.70. The quantitative estimate of drug-likeness (QED) is 0.502. The highest BCUT2D eigenvalue weighted by molar-refractivity contribution is 5.66. The van der Waals surface area contributed by atoms with E-state index in [2.05, 4.69) is 0 Å². The molecule has 0 amide bonds. The molecule has 4 unspecified atom stereocenters. The van der Waals surface area contributed by atoms with E-state index in [1.165, 1.54) is 14.0 Å². The standard InChI is InChI=1S/C9H14O6/c1-5(10)14-7-6-3-4-13-8(6)15-9(7,11)12-2/h6-8,11H,3-4H2,1-2H3. The van der Waals surface area contributed by atoms with Crippen molar-refractivity contribution in [2.75, 3.05) is 13.7 Å². The van der Waals surface area contributed by atoms with E-state index in [0.29, 0.717) is 13.0 Å². The van der Waals surface area contributed by atoms with Crippen LogP contribution in [0.5, 0.6) is 0 Å². The second-order valence-corrected chi connectivity index (χ2v) is 3.67. The summed E-state index contributed by atoms with van der Waals surface area (Å²) in [5, 5.41) is 9.91. The molecule has 0 saturated carbocycles. The van der Waals surface area contributed by atoms with E-state index < -0.39 is 24.3 Å². The molecular formula is C9H14O6. The van der Waals surface area contributed by atoms with Crippen LogP contribution in [0.3, 0.4) is 0 Å². The van der Waals surface area contributed by atoms with Gasteiger partial charge in [0.2, 0.25) is 0 Å². The molecule has 0 aromatic rings. The second kappa shape index (κ2) is 3.71. The molecule has 86 valence electrons. The lowest BCUT2D eigenvalue weighted by Gasteiger charge is -2.27. The highest BCUT2D eigenvalue weighted by Gasteiger charge is 2.59. The summed E-state index contributed by atoms with van der Waals surface area (Å²) in [6, 6.07) is 0. The maximum Gasteiger partial charge on any atom is 0.322 e. The van der Waals surface area contributed by atoms with Crippen molar-refractivity contribution < 1.29 is 28.8 Å². The van der Waals surface area contributed by atoms with E-state index in [1.54, 1.807) is 0 Å². The minimum atomic E-state index is -1.89. The van der Waals surface area contributed by atoms with Gasteiger partial charge in [-0.1, -0.05) is 0 Å². The van der Waals surface area contributed by atoms with Crippen LogP contribution in [0.25, 0.3) is 0 Å².